The zero-order chi connectivity index (χ0) is 8.39. The topological polar surface area (TPSA) is 54.7 Å². The Hall–Kier alpha value is -1.13. The quantitative estimate of drug-likeness (QED) is 0.734. The molecule has 3 nitrogen and oxygen atoms in total. The van der Waals surface area contributed by atoms with Gasteiger partial charge >= 0.3 is 0 Å². The minimum absolute atomic E-state index is 0.119. The smallest absolute Gasteiger partial charge is 0.0886 e. The summed E-state index contributed by atoms with van der Waals surface area (Å²) in [5.41, 5.74) is 9.63. The number of hydrogen-bond donors (Lipinski definition) is 2. The maximum absolute atomic E-state index is 5.92. The molecular weight excluding hydrogens is 170 g/mol. The summed E-state index contributed by atoms with van der Waals surface area (Å²) >= 11 is 1.56. The second-order valence-electron chi connectivity index (χ2n) is 2.52. The SMILES string of the molecule is NC(c1cscn1)c1ccc[nH]1. The normalized spacial score (nSPS) is 13.1. The van der Waals surface area contributed by atoms with Gasteiger partial charge in [0.15, 0.2) is 0 Å². The van der Waals surface area contributed by atoms with Crippen LogP contribution >= 0.6 is 11.3 Å². The van der Waals surface area contributed by atoms with Gasteiger partial charge in [-0.15, -0.1) is 11.3 Å². The van der Waals surface area contributed by atoms with E-state index in [1.54, 1.807) is 16.8 Å². The molecule has 1 atom stereocenters. The molecule has 2 heterocycles. The number of nitrogens with zero attached hydrogens (tertiary/aromatic N) is 1. The summed E-state index contributed by atoms with van der Waals surface area (Å²) < 4.78 is 0. The lowest BCUT2D eigenvalue weighted by Crippen LogP contribution is -2.12. The Balaban J connectivity index is 2.27. The first-order valence-electron chi connectivity index (χ1n) is 3.65. The molecule has 0 aliphatic heterocycles. The molecule has 0 saturated carbocycles. The van der Waals surface area contributed by atoms with E-state index in [2.05, 4.69) is 9.97 Å². The predicted molar refractivity (Wildman–Crippen MR) is 48.9 cm³/mol. The summed E-state index contributed by atoms with van der Waals surface area (Å²) in [4.78, 5) is 7.21. The number of H-pyrrole nitrogens is 1. The third kappa shape index (κ3) is 1.26. The molecule has 0 bridgehead atoms. The maximum atomic E-state index is 5.92. The number of nitrogens with two attached hydrogens (primary N) is 1. The highest BCUT2D eigenvalue weighted by Crippen LogP contribution is 2.16. The Morgan fingerprint density at radius 3 is 3.08 bits per heavy atom. The monoisotopic (exact) mass is 179 g/mol. The van der Waals surface area contributed by atoms with Crippen LogP contribution in [-0.4, -0.2) is 9.97 Å². The third-order valence-corrected chi connectivity index (χ3v) is 2.33. The summed E-state index contributed by atoms with van der Waals surface area (Å²) in [6.45, 7) is 0. The van der Waals surface area contributed by atoms with E-state index in [0.717, 1.165) is 11.4 Å². The average Bonchev–Trinajstić information content (AvgIpc) is 2.77. The summed E-state index contributed by atoms with van der Waals surface area (Å²) in [5.74, 6) is 0. The van der Waals surface area contributed by atoms with Gasteiger partial charge in [0, 0.05) is 17.3 Å². The number of aromatic nitrogens is 2. The first-order chi connectivity index (χ1) is 5.88. The lowest BCUT2D eigenvalue weighted by atomic mass is 10.2. The molecule has 2 aromatic rings. The van der Waals surface area contributed by atoms with Crippen LogP contribution in [0.25, 0.3) is 0 Å². The molecule has 0 spiro atoms. The highest BCUT2D eigenvalue weighted by molar-refractivity contribution is 7.07. The predicted octanol–water partition coefficient (Wildman–Crippen LogP) is 1.52. The Bertz CT molecular complexity index is 291. The van der Waals surface area contributed by atoms with Crippen LogP contribution in [0.1, 0.15) is 17.4 Å². The van der Waals surface area contributed by atoms with Crippen molar-refractivity contribution in [1.82, 2.24) is 9.97 Å². The summed E-state index contributed by atoms with van der Waals surface area (Å²) in [5, 5.41) is 1.96. The number of aromatic amines is 1. The van der Waals surface area contributed by atoms with Crippen molar-refractivity contribution in [3.8, 4) is 0 Å². The van der Waals surface area contributed by atoms with Crippen LogP contribution in [0, 0.1) is 0 Å². The maximum Gasteiger partial charge on any atom is 0.0886 e. The number of thiazole rings is 1. The molecule has 0 aliphatic rings. The van der Waals surface area contributed by atoms with Crippen molar-refractivity contribution < 1.29 is 0 Å². The van der Waals surface area contributed by atoms with E-state index in [1.165, 1.54) is 0 Å². The van der Waals surface area contributed by atoms with Gasteiger partial charge in [-0.3, -0.25) is 0 Å². The fraction of sp³-hybridized carbons (Fsp3) is 0.125. The van der Waals surface area contributed by atoms with Crippen LogP contribution in [0.2, 0.25) is 0 Å². The highest BCUT2D eigenvalue weighted by Gasteiger charge is 2.10. The molecule has 62 valence electrons. The number of nitrogens with one attached hydrogen (secondary N) is 1. The van der Waals surface area contributed by atoms with E-state index in [9.17, 15) is 0 Å². The number of rotatable bonds is 2. The van der Waals surface area contributed by atoms with Crippen LogP contribution in [0.15, 0.2) is 29.2 Å². The molecule has 0 fully saturated rings. The van der Waals surface area contributed by atoms with Crippen LogP contribution in [-0.2, 0) is 0 Å². The molecule has 0 amide bonds. The van der Waals surface area contributed by atoms with Crippen molar-refractivity contribution in [2.24, 2.45) is 5.73 Å². The molecular formula is C8H9N3S. The zero-order valence-corrected chi connectivity index (χ0v) is 7.21. The van der Waals surface area contributed by atoms with E-state index in [0.29, 0.717) is 0 Å². The van der Waals surface area contributed by atoms with E-state index in [4.69, 9.17) is 5.73 Å². The largest absolute Gasteiger partial charge is 0.363 e. The summed E-state index contributed by atoms with van der Waals surface area (Å²) in [7, 11) is 0. The van der Waals surface area contributed by atoms with E-state index < -0.39 is 0 Å². The fourth-order valence-electron chi connectivity index (χ4n) is 1.07. The van der Waals surface area contributed by atoms with Crippen molar-refractivity contribution in [1.29, 1.82) is 0 Å². The Labute approximate surface area is 74.3 Å². The lowest BCUT2D eigenvalue weighted by molar-refractivity contribution is 0.811. The fourth-order valence-corrected chi connectivity index (χ4v) is 1.66. The van der Waals surface area contributed by atoms with Crippen LogP contribution in [0.5, 0.6) is 0 Å². The van der Waals surface area contributed by atoms with Crippen molar-refractivity contribution in [2.75, 3.05) is 0 Å². The molecule has 1 unspecified atom stereocenters. The Morgan fingerprint density at radius 1 is 1.58 bits per heavy atom. The van der Waals surface area contributed by atoms with Gasteiger partial charge in [-0.1, -0.05) is 0 Å². The van der Waals surface area contributed by atoms with Gasteiger partial charge in [-0.25, -0.2) is 4.98 Å². The Kier molecular flexibility index (Phi) is 1.93. The van der Waals surface area contributed by atoms with E-state index in [1.807, 2.05) is 23.7 Å². The molecule has 2 aromatic heterocycles. The molecule has 0 radical (unpaired) electrons. The zero-order valence-electron chi connectivity index (χ0n) is 6.40. The van der Waals surface area contributed by atoms with Gasteiger partial charge in [0.2, 0.25) is 0 Å². The molecule has 0 aliphatic carbocycles. The summed E-state index contributed by atoms with van der Waals surface area (Å²) in [6.07, 6.45) is 1.86. The van der Waals surface area contributed by atoms with Gasteiger partial charge in [0.1, 0.15) is 0 Å². The first-order valence-corrected chi connectivity index (χ1v) is 4.59. The second-order valence-corrected chi connectivity index (χ2v) is 3.24. The Morgan fingerprint density at radius 2 is 2.50 bits per heavy atom. The molecule has 0 aromatic carbocycles. The minimum atomic E-state index is -0.119. The van der Waals surface area contributed by atoms with Gasteiger partial charge in [0.05, 0.1) is 17.2 Å². The van der Waals surface area contributed by atoms with Crippen molar-refractivity contribution >= 4 is 11.3 Å². The average molecular weight is 179 g/mol. The lowest BCUT2D eigenvalue weighted by Gasteiger charge is -2.04. The standard InChI is InChI=1S/C8H9N3S/c9-8(6-2-1-3-10-6)7-4-12-5-11-7/h1-5,8,10H,9H2. The highest BCUT2D eigenvalue weighted by atomic mass is 32.1. The molecule has 0 saturated heterocycles. The van der Waals surface area contributed by atoms with Crippen molar-refractivity contribution in [3.63, 3.8) is 0 Å². The van der Waals surface area contributed by atoms with Gasteiger partial charge in [-0.05, 0) is 12.1 Å². The molecule has 2 rings (SSSR count). The van der Waals surface area contributed by atoms with Gasteiger partial charge < -0.3 is 10.7 Å². The van der Waals surface area contributed by atoms with Gasteiger partial charge in [0.25, 0.3) is 0 Å². The van der Waals surface area contributed by atoms with E-state index >= 15 is 0 Å². The molecule has 12 heavy (non-hydrogen) atoms. The summed E-state index contributed by atoms with van der Waals surface area (Å²) in [6, 6.07) is 3.78. The van der Waals surface area contributed by atoms with Crippen molar-refractivity contribution in [3.05, 3.63) is 40.6 Å². The van der Waals surface area contributed by atoms with Crippen molar-refractivity contribution in [2.45, 2.75) is 6.04 Å². The number of hydrogen-bond acceptors (Lipinski definition) is 3. The second kappa shape index (κ2) is 3.08. The van der Waals surface area contributed by atoms with Gasteiger partial charge in [-0.2, -0.15) is 0 Å². The first kappa shape index (κ1) is 7.52. The molecule has 3 N–H and O–H groups in total. The van der Waals surface area contributed by atoms with E-state index in [-0.39, 0.29) is 6.04 Å². The minimum Gasteiger partial charge on any atom is -0.363 e. The van der Waals surface area contributed by atoms with Crippen LogP contribution < -0.4 is 5.73 Å². The van der Waals surface area contributed by atoms with Crippen LogP contribution in [0.4, 0.5) is 0 Å². The third-order valence-electron chi connectivity index (χ3n) is 1.73. The van der Waals surface area contributed by atoms with Crippen LogP contribution in [0.3, 0.4) is 0 Å². The molecule has 4 heteroatoms.